The predicted octanol–water partition coefficient (Wildman–Crippen LogP) is 3.33. The Kier molecular flexibility index (Phi) is 4.40. The molecule has 0 spiro atoms. The monoisotopic (exact) mass is 247 g/mol. The molecule has 0 aromatic heterocycles. The van der Waals surface area contributed by atoms with Crippen LogP contribution in [0, 0.1) is 17.5 Å². The first-order valence-corrected chi connectivity index (χ1v) is 5.32. The van der Waals surface area contributed by atoms with E-state index in [-0.39, 0.29) is 17.8 Å². The van der Waals surface area contributed by atoms with E-state index in [9.17, 15) is 13.2 Å². The molecule has 0 fully saturated rings. The molecule has 0 saturated carbocycles. The van der Waals surface area contributed by atoms with Crippen molar-refractivity contribution in [2.24, 2.45) is 0 Å². The summed E-state index contributed by atoms with van der Waals surface area (Å²) < 4.78 is 44.4. The van der Waals surface area contributed by atoms with Crippen LogP contribution in [-0.2, 0) is 4.74 Å². The Balaban J connectivity index is 2.53. The maximum atomic E-state index is 13.2. The molecule has 17 heavy (non-hydrogen) atoms. The molecule has 0 aliphatic rings. The van der Waals surface area contributed by atoms with E-state index in [2.05, 4.69) is 5.32 Å². The van der Waals surface area contributed by atoms with E-state index in [0.29, 0.717) is 18.7 Å². The average molecular weight is 247 g/mol. The van der Waals surface area contributed by atoms with Crippen molar-refractivity contribution >= 4 is 5.69 Å². The van der Waals surface area contributed by atoms with Gasteiger partial charge in [-0.3, -0.25) is 0 Å². The molecule has 0 radical (unpaired) electrons. The highest BCUT2D eigenvalue weighted by atomic mass is 19.1. The first kappa shape index (κ1) is 13.8. The first-order chi connectivity index (χ1) is 7.79. The van der Waals surface area contributed by atoms with Gasteiger partial charge in [0.1, 0.15) is 11.5 Å². The number of halogens is 3. The highest BCUT2D eigenvalue weighted by Gasteiger charge is 2.12. The lowest BCUT2D eigenvalue weighted by Crippen LogP contribution is -2.23. The van der Waals surface area contributed by atoms with Crippen molar-refractivity contribution in [1.82, 2.24) is 0 Å². The molecule has 5 heteroatoms. The van der Waals surface area contributed by atoms with Gasteiger partial charge in [-0.05, 0) is 20.8 Å². The van der Waals surface area contributed by atoms with Gasteiger partial charge in [-0.25, -0.2) is 13.2 Å². The fourth-order valence-electron chi connectivity index (χ4n) is 1.24. The fraction of sp³-hybridized carbons (Fsp3) is 0.500. The summed E-state index contributed by atoms with van der Waals surface area (Å²) in [6.45, 7) is 6.20. The van der Waals surface area contributed by atoms with Crippen LogP contribution >= 0.6 is 0 Å². The molecule has 0 atom stereocenters. The highest BCUT2D eigenvalue weighted by molar-refractivity contribution is 5.46. The van der Waals surface area contributed by atoms with Crippen molar-refractivity contribution in [1.29, 1.82) is 0 Å². The van der Waals surface area contributed by atoms with Crippen molar-refractivity contribution in [3.63, 3.8) is 0 Å². The van der Waals surface area contributed by atoms with Gasteiger partial charge in [0.2, 0.25) is 0 Å². The van der Waals surface area contributed by atoms with Crippen molar-refractivity contribution in [3.05, 3.63) is 29.6 Å². The van der Waals surface area contributed by atoms with Crippen molar-refractivity contribution in [2.45, 2.75) is 26.4 Å². The van der Waals surface area contributed by atoms with Gasteiger partial charge in [-0.15, -0.1) is 0 Å². The molecule has 0 unspecified atom stereocenters. The second-order valence-corrected chi connectivity index (χ2v) is 4.63. The second kappa shape index (κ2) is 5.40. The molecule has 96 valence electrons. The molecular formula is C12H16F3NO. The summed E-state index contributed by atoms with van der Waals surface area (Å²) in [6, 6.07) is 1.27. The smallest absolute Gasteiger partial charge is 0.152 e. The molecule has 0 amide bonds. The third kappa shape index (κ3) is 4.65. The molecule has 1 aromatic rings. The van der Waals surface area contributed by atoms with Crippen LogP contribution in [0.3, 0.4) is 0 Å². The molecule has 0 bridgehead atoms. The molecule has 0 aliphatic heterocycles. The topological polar surface area (TPSA) is 21.3 Å². The summed E-state index contributed by atoms with van der Waals surface area (Å²) >= 11 is 0. The predicted molar refractivity (Wildman–Crippen MR) is 60.5 cm³/mol. The zero-order chi connectivity index (χ0) is 13.1. The van der Waals surface area contributed by atoms with Gasteiger partial charge in [-0.2, -0.15) is 0 Å². The Bertz CT molecular complexity index is 365. The Morgan fingerprint density at radius 1 is 1.12 bits per heavy atom. The third-order valence-corrected chi connectivity index (χ3v) is 1.95. The number of rotatable bonds is 4. The SMILES string of the molecule is CC(C)(C)OCCNc1c(F)cc(F)cc1F. The number of benzene rings is 1. The first-order valence-electron chi connectivity index (χ1n) is 5.32. The number of nitrogens with one attached hydrogen (secondary N) is 1. The van der Waals surface area contributed by atoms with E-state index in [4.69, 9.17) is 4.74 Å². The van der Waals surface area contributed by atoms with E-state index < -0.39 is 17.5 Å². The summed E-state index contributed by atoms with van der Waals surface area (Å²) in [7, 11) is 0. The quantitative estimate of drug-likeness (QED) is 0.824. The van der Waals surface area contributed by atoms with Crippen LogP contribution in [0.25, 0.3) is 0 Å². The maximum absolute atomic E-state index is 13.2. The van der Waals surface area contributed by atoms with Gasteiger partial charge < -0.3 is 10.1 Å². The number of anilines is 1. The van der Waals surface area contributed by atoms with Gasteiger partial charge in [-0.1, -0.05) is 0 Å². The molecule has 0 aliphatic carbocycles. The van der Waals surface area contributed by atoms with Gasteiger partial charge in [0, 0.05) is 18.7 Å². The Labute approximate surface area is 98.8 Å². The Hall–Kier alpha value is -1.23. The summed E-state index contributed by atoms with van der Waals surface area (Å²) in [5.74, 6) is -2.83. The number of hydrogen-bond acceptors (Lipinski definition) is 2. The van der Waals surface area contributed by atoms with Gasteiger partial charge in [0.25, 0.3) is 0 Å². The standard InChI is InChI=1S/C12H16F3NO/c1-12(2,3)17-5-4-16-11-9(14)6-8(13)7-10(11)15/h6-7,16H,4-5H2,1-3H3. The van der Waals surface area contributed by atoms with Crippen LogP contribution in [0.15, 0.2) is 12.1 Å². The van der Waals surface area contributed by atoms with E-state index >= 15 is 0 Å². The number of hydrogen-bond donors (Lipinski definition) is 1. The molecule has 2 nitrogen and oxygen atoms in total. The lowest BCUT2D eigenvalue weighted by molar-refractivity contribution is 0.00330. The van der Waals surface area contributed by atoms with Gasteiger partial charge in [0.05, 0.1) is 12.2 Å². The molecule has 0 heterocycles. The Morgan fingerprint density at radius 2 is 1.65 bits per heavy atom. The summed E-state index contributed by atoms with van der Waals surface area (Å²) in [5.41, 5.74) is -0.634. The minimum absolute atomic E-state index is 0.247. The molecule has 1 rings (SSSR count). The highest BCUT2D eigenvalue weighted by Crippen LogP contribution is 2.19. The lowest BCUT2D eigenvalue weighted by atomic mass is 10.2. The van der Waals surface area contributed by atoms with E-state index in [1.54, 1.807) is 0 Å². The molecule has 0 saturated heterocycles. The van der Waals surface area contributed by atoms with E-state index in [0.717, 1.165) is 0 Å². The van der Waals surface area contributed by atoms with E-state index in [1.165, 1.54) is 0 Å². The minimum Gasteiger partial charge on any atom is -0.378 e. The van der Waals surface area contributed by atoms with Gasteiger partial charge in [0.15, 0.2) is 11.6 Å². The van der Waals surface area contributed by atoms with Crippen molar-refractivity contribution in [3.8, 4) is 0 Å². The number of ether oxygens (including phenoxy) is 1. The van der Waals surface area contributed by atoms with Crippen molar-refractivity contribution in [2.75, 3.05) is 18.5 Å². The van der Waals surface area contributed by atoms with Crippen molar-refractivity contribution < 1.29 is 17.9 Å². The average Bonchev–Trinajstić information content (AvgIpc) is 2.13. The zero-order valence-electron chi connectivity index (χ0n) is 10.1. The fourth-order valence-corrected chi connectivity index (χ4v) is 1.24. The maximum Gasteiger partial charge on any atom is 0.152 e. The second-order valence-electron chi connectivity index (χ2n) is 4.63. The van der Waals surface area contributed by atoms with Crippen LogP contribution < -0.4 is 5.32 Å². The van der Waals surface area contributed by atoms with Crippen LogP contribution in [0.4, 0.5) is 18.9 Å². The zero-order valence-corrected chi connectivity index (χ0v) is 10.1. The van der Waals surface area contributed by atoms with Crippen LogP contribution in [0.1, 0.15) is 20.8 Å². The lowest BCUT2D eigenvalue weighted by Gasteiger charge is -2.19. The van der Waals surface area contributed by atoms with Crippen LogP contribution in [0.2, 0.25) is 0 Å². The molecule has 1 N–H and O–H groups in total. The van der Waals surface area contributed by atoms with E-state index in [1.807, 2.05) is 20.8 Å². The normalized spacial score (nSPS) is 11.6. The summed E-state index contributed by atoms with van der Waals surface area (Å²) in [4.78, 5) is 0. The molecular weight excluding hydrogens is 231 g/mol. The van der Waals surface area contributed by atoms with Gasteiger partial charge >= 0.3 is 0 Å². The largest absolute Gasteiger partial charge is 0.378 e. The Morgan fingerprint density at radius 3 is 2.12 bits per heavy atom. The van der Waals surface area contributed by atoms with Crippen LogP contribution in [0.5, 0.6) is 0 Å². The third-order valence-electron chi connectivity index (χ3n) is 1.95. The minimum atomic E-state index is -0.946. The summed E-state index contributed by atoms with van der Waals surface area (Å²) in [5, 5.41) is 2.54. The van der Waals surface area contributed by atoms with Crippen LogP contribution in [-0.4, -0.2) is 18.8 Å². The molecule has 1 aromatic carbocycles. The summed E-state index contributed by atoms with van der Waals surface area (Å²) in [6.07, 6.45) is 0.